The molecule has 2 aromatic rings. The number of rotatable bonds is 2. The van der Waals surface area contributed by atoms with Crippen LogP contribution < -0.4 is 11.4 Å². The molecule has 1 heterocycles. The standard InChI is InChI=1S/C9H10BrN3O/c10-6-2-1-3-7-8(6)12-9(14)13(7)5-4-11/h1-3H,4-5,11H2,(H,12,14). The van der Waals surface area contributed by atoms with Gasteiger partial charge in [0.1, 0.15) is 0 Å². The average Bonchev–Trinajstić information content (AvgIpc) is 2.47. The van der Waals surface area contributed by atoms with Crippen molar-refractivity contribution in [2.24, 2.45) is 5.73 Å². The molecule has 1 aromatic carbocycles. The van der Waals surface area contributed by atoms with Crippen LogP contribution in [0.1, 0.15) is 0 Å². The lowest BCUT2D eigenvalue weighted by molar-refractivity contribution is 0.703. The Bertz CT molecular complexity index is 514. The molecular weight excluding hydrogens is 246 g/mol. The monoisotopic (exact) mass is 255 g/mol. The molecule has 14 heavy (non-hydrogen) atoms. The van der Waals surface area contributed by atoms with Gasteiger partial charge in [-0.25, -0.2) is 4.79 Å². The normalized spacial score (nSPS) is 11.0. The summed E-state index contributed by atoms with van der Waals surface area (Å²) >= 11 is 3.38. The predicted molar refractivity (Wildman–Crippen MR) is 59.3 cm³/mol. The fraction of sp³-hybridized carbons (Fsp3) is 0.222. The minimum absolute atomic E-state index is 0.114. The van der Waals surface area contributed by atoms with Crippen molar-refractivity contribution >= 4 is 27.0 Å². The van der Waals surface area contributed by atoms with Gasteiger partial charge >= 0.3 is 5.69 Å². The summed E-state index contributed by atoms with van der Waals surface area (Å²) in [7, 11) is 0. The number of nitrogens with one attached hydrogen (secondary N) is 1. The smallest absolute Gasteiger partial charge is 0.326 e. The minimum atomic E-state index is -0.114. The van der Waals surface area contributed by atoms with Crippen molar-refractivity contribution in [2.75, 3.05) is 6.54 Å². The Hall–Kier alpha value is -1.07. The summed E-state index contributed by atoms with van der Waals surface area (Å²) in [6.45, 7) is 0.995. The van der Waals surface area contributed by atoms with Gasteiger partial charge in [0, 0.05) is 17.6 Å². The summed E-state index contributed by atoms with van der Waals surface area (Å²) in [5.41, 5.74) is 7.03. The maximum atomic E-state index is 11.5. The molecule has 0 unspecified atom stereocenters. The van der Waals surface area contributed by atoms with Crippen LogP contribution in [0.2, 0.25) is 0 Å². The molecule has 0 spiro atoms. The quantitative estimate of drug-likeness (QED) is 0.843. The number of nitrogens with zero attached hydrogens (tertiary/aromatic N) is 1. The van der Waals surface area contributed by atoms with E-state index in [1.807, 2.05) is 18.2 Å². The van der Waals surface area contributed by atoms with E-state index in [0.29, 0.717) is 13.1 Å². The third-order valence-electron chi connectivity index (χ3n) is 2.11. The summed E-state index contributed by atoms with van der Waals surface area (Å²) in [4.78, 5) is 14.3. The molecule has 0 atom stereocenters. The number of hydrogen-bond acceptors (Lipinski definition) is 2. The van der Waals surface area contributed by atoms with Crippen molar-refractivity contribution in [3.8, 4) is 0 Å². The van der Waals surface area contributed by atoms with Crippen molar-refractivity contribution in [2.45, 2.75) is 6.54 Å². The van der Waals surface area contributed by atoms with Crippen LogP contribution in [0.4, 0.5) is 0 Å². The first-order chi connectivity index (χ1) is 6.74. The van der Waals surface area contributed by atoms with Crippen LogP contribution >= 0.6 is 15.9 Å². The van der Waals surface area contributed by atoms with Crippen molar-refractivity contribution in [1.82, 2.24) is 9.55 Å². The highest BCUT2D eigenvalue weighted by Gasteiger charge is 2.07. The molecule has 0 fully saturated rings. The first-order valence-electron chi connectivity index (χ1n) is 4.31. The van der Waals surface area contributed by atoms with Gasteiger partial charge in [-0.3, -0.25) is 4.57 Å². The number of aromatic amines is 1. The molecule has 3 N–H and O–H groups in total. The Morgan fingerprint density at radius 1 is 1.50 bits per heavy atom. The van der Waals surface area contributed by atoms with Gasteiger partial charge in [0.05, 0.1) is 11.0 Å². The number of aromatic nitrogens is 2. The van der Waals surface area contributed by atoms with E-state index in [0.717, 1.165) is 15.5 Å². The SMILES string of the molecule is NCCn1c(=O)[nH]c2c(Br)cccc21. The molecule has 4 nitrogen and oxygen atoms in total. The van der Waals surface area contributed by atoms with Crippen LogP contribution in [0.25, 0.3) is 11.0 Å². The Morgan fingerprint density at radius 2 is 2.29 bits per heavy atom. The number of para-hydroxylation sites is 1. The van der Waals surface area contributed by atoms with Gasteiger partial charge in [0.25, 0.3) is 0 Å². The van der Waals surface area contributed by atoms with Gasteiger partial charge in [-0.15, -0.1) is 0 Å². The maximum absolute atomic E-state index is 11.5. The van der Waals surface area contributed by atoms with Crippen LogP contribution in [-0.2, 0) is 6.54 Å². The van der Waals surface area contributed by atoms with Gasteiger partial charge in [0.15, 0.2) is 0 Å². The number of fused-ring (bicyclic) bond motifs is 1. The molecule has 5 heteroatoms. The zero-order valence-corrected chi connectivity index (χ0v) is 9.04. The van der Waals surface area contributed by atoms with E-state index in [1.165, 1.54) is 0 Å². The number of imidazole rings is 1. The summed E-state index contributed by atoms with van der Waals surface area (Å²) in [5, 5.41) is 0. The Morgan fingerprint density at radius 3 is 3.00 bits per heavy atom. The van der Waals surface area contributed by atoms with E-state index in [2.05, 4.69) is 20.9 Å². The Labute approximate surface area is 88.9 Å². The summed E-state index contributed by atoms with van der Waals surface area (Å²) < 4.78 is 2.53. The van der Waals surface area contributed by atoms with Crippen LogP contribution in [0.5, 0.6) is 0 Å². The first-order valence-corrected chi connectivity index (χ1v) is 5.10. The number of H-pyrrole nitrogens is 1. The predicted octanol–water partition coefficient (Wildman–Crippen LogP) is 1.05. The molecule has 0 amide bonds. The molecule has 0 aliphatic carbocycles. The van der Waals surface area contributed by atoms with E-state index in [4.69, 9.17) is 5.73 Å². The number of benzene rings is 1. The number of hydrogen-bond donors (Lipinski definition) is 2. The zero-order valence-electron chi connectivity index (χ0n) is 7.46. The average molecular weight is 256 g/mol. The van der Waals surface area contributed by atoms with Crippen LogP contribution in [0.3, 0.4) is 0 Å². The maximum Gasteiger partial charge on any atom is 0.326 e. The lowest BCUT2D eigenvalue weighted by Crippen LogP contribution is -2.21. The second-order valence-electron chi connectivity index (χ2n) is 3.00. The highest BCUT2D eigenvalue weighted by molar-refractivity contribution is 9.10. The molecule has 0 aliphatic rings. The molecule has 0 saturated carbocycles. The van der Waals surface area contributed by atoms with E-state index >= 15 is 0 Å². The largest absolute Gasteiger partial charge is 0.329 e. The van der Waals surface area contributed by atoms with E-state index < -0.39 is 0 Å². The highest BCUT2D eigenvalue weighted by atomic mass is 79.9. The fourth-order valence-electron chi connectivity index (χ4n) is 1.50. The zero-order chi connectivity index (χ0) is 10.1. The van der Waals surface area contributed by atoms with Gasteiger partial charge in [-0.2, -0.15) is 0 Å². The van der Waals surface area contributed by atoms with Crippen molar-refractivity contribution in [3.05, 3.63) is 33.2 Å². The van der Waals surface area contributed by atoms with Crippen molar-refractivity contribution in [3.63, 3.8) is 0 Å². The van der Waals surface area contributed by atoms with Gasteiger partial charge in [-0.1, -0.05) is 6.07 Å². The second-order valence-corrected chi connectivity index (χ2v) is 3.86. The lowest BCUT2D eigenvalue weighted by Gasteiger charge is -1.99. The third-order valence-corrected chi connectivity index (χ3v) is 2.77. The van der Waals surface area contributed by atoms with Crippen molar-refractivity contribution < 1.29 is 0 Å². The topological polar surface area (TPSA) is 63.8 Å². The highest BCUT2D eigenvalue weighted by Crippen LogP contribution is 2.20. The van der Waals surface area contributed by atoms with E-state index in [9.17, 15) is 4.79 Å². The molecule has 74 valence electrons. The van der Waals surface area contributed by atoms with Crippen LogP contribution in [0, 0.1) is 0 Å². The lowest BCUT2D eigenvalue weighted by atomic mass is 10.3. The van der Waals surface area contributed by atoms with Gasteiger partial charge in [-0.05, 0) is 28.1 Å². The Kier molecular flexibility index (Phi) is 2.43. The molecule has 0 bridgehead atoms. The Balaban J connectivity index is 2.77. The van der Waals surface area contributed by atoms with E-state index in [1.54, 1.807) is 4.57 Å². The molecular formula is C9H10BrN3O. The first kappa shape index (κ1) is 9.48. The van der Waals surface area contributed by atoms with Crippen molar-refractivity contribution in [1.29, 1.82) is 0 Å². The molecule has 0 radical (unpaired) electrons. The number of halogens is 1. The molecule has 1 aromatic heterocycles. The summed E-state index contributed by atoms with van der Waals surface area (Å²) in [5.74, 6) is 0. The van der Waals surface area contributed by atoms with Gasteiger partial charge < -0.3 is 10.7 Å². The van der Waals surface area contributed by atoms with Crippen LogP contribution in [-0.4, -0.2) is 16.1 Å². The number of nitrogens with two attached hydrogens (primary N) is 1. The molecule has 2 rings (SSSR count). The molecule has 0 saturated heterocycles. The third kappa shape index (κ3) is 1.38. The summed E-state index contributed by atoms with van der Waals surface area (Å²) in [6, 6.07) is 5.69. The second kappa shape index (κ2) is 3.59. The molecule has 0 aliphatic heterocycles. The minimum Gasteiger partial charge on any atom is -0.329 e. The van der Waals surface area contributed by atoms with Crippen LogP contribution in [0.15, 0.2) is 27.5 Å². The summed E-state index contributed by atoms with van der Waals surface area (Å²) in [6.07, 6.45) is 0. The van der Waals surface area contributed by atoms with E-state index in [-0.39, 0.29) is 5.69 Å². The van der Waals surface area contributed by atoms with Gasteiger partial charge in [0.2, 0.25) is 0 Å². The fourth-order valence-corrected chi connectivity index (χ4v) is 1.95.